The Morgan fingerprint density at radius 2 is 2.03 bits per heavy atom. The third-order valence-corrected chi connectivity index (χ3v) is 4.04. The number of benzene rings is 1. The average Bonchev–Trinajstić information content (AvgIpc) is 2.72. The maximum atomic E-state index is 12.7. The molecule has 1 aromatic heterocycles. The normalized spacial score (nSPS) is 11.2. The zero-order valence-corrected chi connectivity index (χ0v) is 17.7. The fraction of sp³-hybridized carbons (Fsp3) is 0.381. The molecule has 0 bridgehead atoms. The quantitative estimate of drug-likeness (QED) is 0.392. The molecule has 0 spiro atoms. The number of guanidine groups is 1. The lowest BCUT2D eigenvalue weighted by Crippen LogP contribution is -2.38. The van der Waals surface area contributed by atoms with Crippen LogP contribution in [0.3, 0.4) is 0 Å². The molecular weight excluding hydrogens is 408 g/mol. The van der Waals surface area contributed by atoms with Gasteiger partial charge in [-0.05, 0) is 44.2 Å². The summed E-state index contributed by atoms with van der Waals surface area (Å²) < 4.78 is 35.0. The number of carbonyl (C=O) groups excluding carboxylic acids is 1. The SMILES string of the molecule is CCNC(=NCc1cc(OC)ccc1OC(F)F)NCCC(=O)Nc1cccc(C)n1. The number of alkyl halides is 2. The summed E-state index contributed by atoms with van der Waals surface area (Å²) in [6.07, 6.45) is 0.193. The van der Waals surface area contributed by atoms with Crippen LogP contribution in [0.25, 0.3) is 0 Å². The fourth-order valence-electron chi connectivity index (χ4n) is 2.64. The highest BCUT2D eigenvalue weighted by atomic mass is 19.3. The van der Waals surface area contributed by atoms with Gasteiger partial charge in [-0.3, -0.25) is 4.79 Å². The molecule has 0 saturated carbocycles. The Kier molecular flexibility index (Phi) is 9.47. The lowest BCUT2D eigenvalue weighted by Gasteiger charge is -2.13. The van der Waals surface area contributed by atoms with Crippen LogP contribution in [0.1, 0.15) is 24.6 Å². The number of hydrogen-bond donors (Lipinski definition) is 3. The van der Waals surface area contributed by atoms with Crippen molar-refractivity contribution in [2.75, 3.05) is 25.5 Å². The first kappa shape index (κ1) is 23.8. The monoisotopic (exact) mass is 435 g/mol. The van der Waals surface area contributed by atoms with Crippen molar-refractivity contribution < 1.29 is 23.0 Å². The first-order valence-electron chi connectivity index (χ1n) is 9.78. The lowest BCUT2D eigenvalue weighted by atomic mass is 10.2. The number of nitrogens with zero attached hydrogens (tertiary/aromatic N) is 2. The molecule has 0 atom stereocenters. The standard InChI is InChI=1S/C21H27F2N5O3/c1-4-24-21(25-11-10-19(29)28-18-7-5-6-14(2)27-18)26-13-15-12-16(30-3)8-9-17(15)31-20(22)23/h5-9,12,20H,4,10-11,13H2,1-3H3,(H2,24,25,26)(H,27,28,29). The lowest BCUT2D eigenvalue weighted by molar-refractivity contribution is -0.116. The zero-order chi connectivity index (χ0) is 22.6. The second-order valence-corrected chi connectivity index (χ2v) is 6.44. The van der Waals surface area contributed by atoms with E-state index in [0.717, 1.165) is 5.69 Å². The number of carbonyl (C=O) groups is 1. The molecule has 0 saturated heterocycles. The average molecular weight is 435 g/mol. The molecule has 1 amide bonds. The number of halogens is 2. The number of ether oxygens (including phenoxy) is 2. The van der Waals surface area contributed by atoms with Crippen molar-refractivity contribution in [2.24, 2.45) is 4.99 Å². The van der Waals surface area contributed by atoms with Crippen LogP contribution in [0.15, 0.2) is 41.4 Å². The van der Waals surface area contributed by atoms with Gasteiger partial charge in [0.1, 0.15) is 17.3 Å². The molecule has 0 aliphatic heterocycles. The molecule has 0 radical (unpaired) electrons. The summed E-state index contributed by atoms with van der Waals surface area (Å²) in [5.74, 6) is 1.28. The van der Waals surface area contributed by atoms with Crippen molar-refractivity contribution in [3.05, 3.63) is 47.7 Å². The van der Waals surface area contributed by atoms with Crippen molar-refractivity contribution in [2.45, 2.75) is 33.4 Å². The van der Waals surface area contributed by atoms with Gasteiger partial charge < -0.3 is 25.4 Å². The van der Waals surface area contributed by atoms with E-state index in [1.54, 1.807) is 12.1 Å². The predicted octanol–water partition coefficient (Wildman–Crippen LogP) is 3.08. The van der Waals surface area contributed by atoms with Crippen LogP contribution in [-0.2, 0) is 11.3 Å². The second-order valence-electron chi connectivity index (χ2n) is 6.44. The van der Waals surface area contributed by atoms with Gasteiger partial charge in [0.25, 0.3) is 0 Å². The minimum Gasteiger partial charge on any atom is -0.497 e. The van der Waals surface area contributed by atoms with Crippen LogP contribution < -0.4 is 25.4 Å². The Bertz CT molecular complexity index is 893. The fourth-order valence-corrected chi connectivity index (χ4v) is 2.64. The Hall–Kier alpha value is -3.43. The van der Waals surface area contributed by atoms with E-state index in [1.807, 2.05) is 26.0 Å². The number of aromatic nitrogens is 1. The number of pyridine rings is 1. The van der Waals surface area contributed by atoms with Crippen molar-refractivity contribution in [1.29, 1.82) is 0 Å². The van der Waals surface area contributed by atoms with Crippen molar-refractivity contribution in [1.82, 2.24) is 15.6 Å². The highest BCUT2D eigenvalue weighted by Crippen LogP contribution is 2.26. The number of anilines is 1. The molecule has 168 valence electrons. The molecule has 10 heteroatoms. The zero-order valence-electron chi connectivity index (χ0n) is 17.7. The van der Waals surface area contributed by atoms with Gasteiger partial charge in [0, 0.05) is 30.8 Å². The van der Waals surface area contributed by atoms with E-state index in [4.69, 9.17) is 4.74 Å². The van der Waals surface area contributed by atoms with Crippen LogP contribution in [0.4, 0.5) is 14.6 Å². The molecule has 31 heavy (non-hydrogen) atoms. The summed E-state index contributed by atoms with van der Waals surface area (Å²) in [5, 5.41) is 8.83. The van der Waals surface area contributed by atoms with Gasteiger partial charge >= 0.3 is 6.61 Å². The van der Waals surface area contributed by atoms with Gasteiger partial charge in [0.05, 0.1) is 13.7 Å². The van der Waals surface area contributed by atoms with E-state index in [9.17, 15) is 13.6 Å². The molecule has 0 aliphatic rings. The maximum Gasteiger partial charge on any atom is 0.387 e. The van der Waals surface area contributed by atoms with E-state index >= 15 is 0 Å². The van der Waals surface area contributed by atoms with E-state index in [2.05, 4.69) is 30.7 Å². The first-order chi connectivity index (χ1) is 14.9. The van der Waals surface area contributed by atoms with Crippen LogP contribution in [-0.4, -0.2) is 43.7 Å². The Balaban J connectivity index is 1.96. The first-order valence-corrected chi connectivity index (χ1v) is 9.78. The Morgan fingerprint density at radius 3 is 2.71 bits per heavy atom. The number of methoxy groups -OCH3 is 1. The molecule has 1 heterocycles. The molecule has 2 aromatic rings. The van der Waals surface area contributed by atoms with Gasteiger partial charge in [-0.25, -0.2) is 9.98 Å². The molecule has 2 rings (SSSR count). The van der Waals surface area contributed by atoms with Crippen LogP contribution in [0.2, 0.25) is 0 Å². The van der Waals surface area contributed by atoms with Crippen molar-refractivity contribution in [3.8, 4) is 11.5 Å². The van der Waals surface area contributed by atoms with Crippen LogP contribution in [0, 0.1) is 6.92 Å². The summed E-state index contributed by atoms with van der Waals surface area (Å²) in [6, 6.07) is 9.92. The summed E-state index contributed by atoms with van der Waals surface area (Å²) in [6.45, 7) is 1.78. The molecule has 0 aliphatic carbocycles. The summed E-state index contributed by atoms with van der Waals surface area (Å²) in [4.78, 5) is 20.7. The van der Waals surface area contributed by atoms with E-state index in [0.29, 0.717) is 36.2 Å². The van der Waals surface area contributed by atoms with E-state index in [1.165, 1.54) is 19.2 Å². The second kappa shape index (κ2) is 12.3. The van der Waals surface area contributed by atoms with Gasteiger partial charge in [0.15, 0.2) is 5.96 Å². The molecule has 3 N–H and O–H groups in total. The maximum absolute atomic E-state index is 12.7. The van der Waals surface area contributed by atoms with E-state index in [-0.39, 0.29) is 24.6 Å². The van der Waals surface area contributed by atoms with Gasteiger partial charge in [0.2, 0.25) is 5.91 Å². The minimum atomic E-state index is -2.94. The highest BCUT2D eigenvalue weighted by Gasteiger charge is 2.11. The molecular formula is C21H27F2N5O3. The van der Waals surface area contributed by atoms with E-state index < -0.39 is 6.61 Å². The number of aliphatic imine (C=N–C) groups is 1. The Morgan fingerprint density at radius 1 is 1.23 bits per heavy atom. The van der Waals surface area contributed by atoms with Crippen molar-refractivity contribution >= 4 is 17.7 Å². The van der Waals surface area contributed by atoms with Crippen molar-refractivity contribution in [3.63, 3.8) is 0 Å². The number of hydrogen-bond acceptors (Lipinski definition) is 5. The Labute approximate surface area is 180 Å². The minimum absolute atomic E-state index is 0.0282. The summed E-state index contributed by atoms with van der Waals surface area (Å²) in [5.41, 5.74) is 1.25. The largest absolute Gasteiger partial charge is 0.497 e. The topological polar surface area (TPSA) is 96.9 Å². The molecule has 8 nitrogen and oxygen atoms in total. The van der Waals surface area contributed by atoms with Crippen LogP contribution in [0.5, 0.6) is 11.5 Å². The smallest absolute Gasteiger partial charge is 0.387 e. The summed E-state index contributed by atoms with van der Waals surface area (Å²) >= 11 is 0. The predicted molar refractivity (Wildman–Crippen MR) is 115 cm³/mol. The number of amides is 1. The number of aryl methyl sites for hydroxylation is 1. The number of nitrogens with one attached hydrogen (secondary N) is 3. The summed E-state index contributed by atoms with van der Waals surface area (Å²) in [7, 11) is 1.49. The third kappa shape index (κ3) is 8.45. The number of rotatable bonds is 10. The van der Waals surface area contributed by atoms with Crippen LogP contribution >= 0.6 is 0 Å². The molecule has 1 aromatic carbocycles. The van der Waals surface area contributed by atoms with Gasteiger partial charge in [-0.2, -0.15) is 8.78 Å². The highest BCUT2D eigenvalue weighted by molar-refractivity contribution is 5.90. The van der Waals surface area contributed by atoms with Gasteiger partial charge in [-0.1, -0.05) is 6.07 Å². The van der Waals surface area contributed by atoms with Gasteiger partial charge in [-0.15, -0.1) is 0 Å². The molecule has 0 fully saturated rings. The third-order valence-electron chi connectivity index (χ3n) is 4.04. The molecule has 0 unspecified atom stereocenters.